The van der Waals surface area contributed by atoms with Crippen LogP contribution in [0.1, 0.15) is 56.6 Å². The predicted molar refractivity (Wildman–Crippen MR) is 133 cm³/mol. The summed E-state index contributed by atoms with van der Waals surface area (Å²) in [5.74, 6) is -0.635. The Morgan fingerprint density at radius 1 is 1.09 bits per heavy atom. The predicted octanol–water partition coefficient (Wildman–Crippen LogP) is 5.70. The van der Waals surface area contributed by atoms with E-state index in [1.54, 1.807) is 36.4 Å². The maximum atomic E-state index is 13.5. The van der Waals surface area contributed by atoms with Crippen LogP contribution in [0.5, 0.6) is 0 Å². The van der Waals surface area contributed by atoms with E-state index in [0.717, 1.165) is 32.1 Å². The number of carbonyl (C=O) groups excluding carboxylic acids is 2. The highest BCUT2D eigenvalue weighted by atomic mass is 35.5. The zero-order valence-corrected chi connectivity index (χ0v) is 20.6. The van der Waals surface area contributed by atoms with E-state index in [2.05, 4.69) is 5.32 Å². The second kappa shape index (κ2) is 12.2. The molecule has 1 N–H and O–H groups in total. The van der Waals surface area contributed by atoms with E-state index in [1.807, 2.05) is 6.92 Å². The van der Waals surface area contributed by atoms with Crippen molar-refractivity contribution in [2.75, 3.05) is 0 Å². The fourth-order valence-corrected chi connectivity index (χ4v) is 4.94. The number of amides is 2. The summed E-state index contributed by atoms with van der Waals surface area (Å²) in [6.45, 7) is 1.86. The van der Waals surface area contributed by atoms with Gasteiger partial charge < -0.3 is 10.2 Å². The number of halogens is 2. The SMILES string of the molecule is CCC(C(=O)NC1CCCCC1)N(Cc1c(Cl)cccc1Cl)C(=O)Cc1ccccc1[N+](=O)[O-]. The zero-order valence-electron chi connectivity index (χ0n) is 19.1. The first-order valence-corrected chi connectivity index (χ1v) is 12.3. The third-order valence-corrected chi connectivity index (χ3v) is 6.97. The fourth-order valence-electron chi connectivity index (χ4n) is 4.42. The molecule has 1 unspecified atom stereocenters. The summed E-state index contributed by atoms with van der Waals surface area (Å²) in [4.78, 5) is 39.2. The van der Waals surface area contributed by atoms with Crippen LogP contribution in [-0.2, 0) is 22.6 Å². The summed E-state index contributed by atoms with van der Waals surface area (Å²) in [6, 6.07) is 10.5. The molecule has 34 heavy (non-hydrogen) atoms. The Labute approximate surface area is 209 Å². The minimum Gasteiger partial charge on any atom is -0.352 e. The van der Waals surface area contributed by atoms with Gasteiger partial charge in [0.15, 0.2) is 0 Å². The van der Waals surface area contributed by atoms with Gasteiger partial charge >= 0.3 is 0 Å². The summed E-state index contributed by atoms with van der Waals surface area (Å²) >= 11 is 12.8. The average Bonchev–Trinajstić information content (AvgIpc) is 2.81. The number of para-hydroxylation sites is 1. The van der Waals surface area contributed by atoms with Gasteiger partial charge in [0.1, 0.15) is 6.04 Å². The van der Waals surface area contributed by atoms with Crippen molar-refractivity contribution in [1.29, 1.82) is 0 Å². The Kier molecular flexibility index (Phi) is 9.30. The van der Waals surface area contributed by atoms with Crippen molar-refractivity contribution in [2.24, 2.45) is 0 Å². The Bertz CT molecular complexity index is 1020. The molecule has 0 saturated heterocycles. The highest BCUT2D eigenvalue weighted by Crippen LogP contribution is 2.28. The van der Waals surface area contributed by atoms with Crippen molar-refractivity contribution in [3.8, 4) is 0 Å². The number of carbonyl (C=O) groups is 2. The molecule has 1 atom stereocenters. The van der Waals surface area contributed by atoms with Gasteiger partial charge in [0.2, 0.25) is 11.8 Å². The zero-order chi connectivity index (χ0) is 24.7. The van der Waals surface area contributed by atoms with Crippen LogP contribution >= 0.6 is 23.2 Å². The van der Waals surface area contributed by atoms with Crippen LogP contribution in [0.3, 0.4) is 0 Å². The molecular weight excluding hydrogens is 477 g/mol. The lowest BCUT2D eigenvalue weighted by atomic mass is 9.95. The molecule has 0 radical (unpaired) electrons. The largest absolute Gasteiger partial charge is 0.352 e. The van der Waals surface area contributed by atoms with E-state index in [0.29, 0.717) is 22.0 Å². The van der Waals surface area contributed by atoms with Crippen LogP contribution in [0, 0.1) is 10.1 Å². The van der Waals surface area contributed by atoms with Crippen molar-refractivity contribution in [3.63, 3.8) is 0 Å². The number of nitrogens with one attached hydrogen (secondary N) is 1. The van der Waals surface area contributed by atoms with Gasteiger partial charge in [-0.15, -0.1) is 0 Å². The van der Waals surface area contributed by atoms with Gasteiger partial charge in [-0.3, -0.25) is 19.7 Å². The lowest BCUT2D eigenvalue weighted by molar-refractivity contribution is -0.385. The molecule has 7 nitrogen and oxygen atoms in total. The molecule has 0 heterocycles. The van der Waals surface area contributed by atoms with Gasteiger partial charge in [-0.25, -0.2) is 0 Å². The highest BCUT2D eigenvalue weighted by molar-refractivity contribution is 6.36. The third kappa shape index (κ3) is 6.48. The molecule has 2 amide bonds. The average molecular weight is 506 g/mol. The topological polar surface area (TPSA) is 92.6 Å². The molecule has 2 aromatic rings. The van der Waals surface area contributed by atoms with Crippen LogP contribution in [0.4, 0.5) is 5.69 Å². The van der Waals surface area contributed by atoms with Crippen LogP contribution in [-0.4, -0.2) is 33.7 Å². The van der Waals surface area contributed by atoms with E-state index in [9.17, 15) is 19.7 Å². The number of nitro benzene ring substituents is 1. The molecule has 2 aromatic carbocycles. The smallest absolute Gasteiger partial charge is 0.273 e. The molecule has 1 fully saturated rings. The second-order valence-electron chi connectivity index (χ2n) is 8.55. The van der Waals surface area contributed by atoms with E-state index < -0.39 is 16.9 Å². The molecule has 0 bridgehead atoms. The van der Waals surface area contributed by atoms with Crippen LogP contribution in [0.2, 0.25) is 10.0 Å². The maximum Gasteiger partial charge on any atom is 0.273 e. The van der Waals surface area contributed by atoms with Crippen molar-refractivity contribution in [1.82, 2.24) is 10.2 Å². The highest BCUT2D eigenvalue weighted by Gasteiger charge is 2.32. The van der Waals surface area contributed by atoms with E-state index in [4.69, 9.17) is 23.2 Å². The molecule has 182 valence electrons. The Morgan fingerprint density at radius 3 is 2.35 bits per heavy atom. The maximum absolute atomic E-state index is 13.5. The third-order valence-electron chi connectivity index (χ3n) is 6.26. The number of rotatable bonds is 9. The van der Waals surface area contributed by atoms with Crippen LogP contribution in [0.15, 0.2) is 42.5 Å². The van der Waals surface area contributed by atoms with Crippen molar-refractivity contribution >= 4 is 40.7 Å². The van der Waals surface area contributed by atoms with Crippen molar-refractivity contribution in [3.05, 3.63) is 73.8 Å². The molecular formula is C25H29Cl2N3O4. The van der Waals surface area contributed by atoms with E-state index in [1.165, 1.54) is 11.0 Å². The minimum atomic E-state index is -0.760. The summed E-state index contributed by atoms with van der Waals surface area (Å²) in [6.07, 6.45) is 5.30. The number of hydrogen-bond donors (Lipinski definition) is 1. The van der Waals surface area contributed by atoms with Crippen molar-refractivity contribution < 1.29 is 14.5 Å². The Morgan fingerprint density at radius 2 is 1.74 bits per heavy atom. The molecule has 9 heteroatoms. The number of nitro groups is 1. The first kappa shape index (κ1) is 26.0. The number of hydrogen-bond acceptors (Lipinski definition) is 4. The monoisotopic (exact) mass is 505 g/mol. The van der Waals surface area contributed by atoms with Gasteiger partial charge in [0, 0.05) is 39.8 Å². The molecule has 1 aliphatic carbocycles. The minimum absolute atomic E-state index is 0.0224. The summed E-state index contributed by atoms with van der Waals surface area (Å²) in [5.41, 5.74) is 0.687. The van der Waals surface area contributed by atoms with Crippen LogP contribution in [0.25, 0.3) is 0 Å². The normalized spacial score (nSPS) is 14.9. The lowest BCUT2D eigenvalue weighted by Crippen LogP contribution is -2.52. The molecule has 0 aliphatic heterocycles. The Hall–Kier alpha value is -2.64. The number of benzene rings is 2. The van der Waals surface area contributed by atoms with Crippen LogP contribution < -0.4 is 5.32 Å². The lowest BCUT2D eigenvalue weighted by Gasteiger charge is -2.33. The second-order valence-corrected chi connectivity index (χ2v) is 9.37. The Balaban J connectivity index is 1.91. The van der Waals surface area contributed by atoms with Gasteiger partial charge in [0.25, 0.3) is 5.69 Å². The summed E-state index contributed by atoms with van der Waals surface area (Å²) in [7, 11) is 0. The van der Waals surface area contributed by atoms with Gasteiger partial charge in [-0.1, -0.05) is 73.7 Å². The molecule has 3 rings (SSSR count). The standard InChI is InChI=1S/C25H29Cl2N3O4/c1-2-22(25(32)28-18-10-4-3-5-11-18)29(16-19-20(26)12-8-13-21(19)27)24(31)15-17-9-6-7-14-23(17)30(33)34/h6-9,12-14,18,22H,2-5,10-11,15-16H2,1H3,(H,28,32). The molecule has 1 aliphatic rings. The van der Waals surface area contributed by atoms with Crippen molar-refractivity contribution in [2.45, 2.75) is 70.5 Å². The molecule has 1 saturated carbocycles. The number of nitrogens with zero attached hydrogens (tertiary/aromatic N) is 2. The van der Waals surface area contributed by atoms with E-state index >= 15 is 0 Å². The summed E-state index contributed by atoms with van der Waals surface area (Å²) < 4.78 is 0. The van der Waals surface area contributed by atoms with Gasteiger partial charge in [0.05, 0.1) is 11.3 Å². The molecule has 0 aromatic heterocycles. The molecule has 0 spiro atoms. The van der Waals surface area contributed by atoms with E-state index in [-0.39, 0.29) is 36.2 Å². The first-order valence-electron chi connectivity index (χ1n) is 11.6. The van der Waals surface area contributed by atoms with Gasteiger partial charge in [-0.2, -0.15) is 0 Å². The summed E-state index contributed by atoms with van der Waals surface area (Å²) in [5, 5.41) is 15.3. The van der Waals surface area contributed by atoms with Gasteiger partial charge in [-0.05, 0) is 31.4 Å². The fraction of sp³-hybridized carbons (Fsp3) is 0.440. The quantitative estimate of drug-likeness (QED) is 0.349. The first-order chi connectivity index (χ1) is 16.3.